The van der Waals surface area contributed by atoms with Gasteiger partial charge in [0, 0.05) is 37.8 Å². The highest BCUT2D eigenvalue weighted by atomic mass is 16.2. The van der Waals surface area contributed by atoms with Gasteiger partial charge in [-0.15, -0.1) is 0 Å². The molecule has 0 aliphatic carbocycles. The summed E-state index contributed by atoms with van der Waals surface area (Å²) in [6.07, 6.45) is 4.40. The minimum absolute atomic E-state index is 0.200. The van der Waals surface area contributed by atoms with Gasteiger partial charge in [-0.25, -0.2) is 4.90 Å². The van der Waals surface area contributed by atoms with E-state index in [0.717, 1.165) is 19.1 Å². The summed E-state index contributed by atoms with van der Waals surface area (Å²) in [5.74, 6) is -0.526. The molecule has 5 heteroatoms. The first-order valence-corrected chi connectivity index (χ1v) is 7.34. The molecule has 5 nitrogen and oxygen atoms in total. The zero-order chi connectivity index (χ0) is 16.3. The molecule has 0 radical (unpaired) electrons. The Kier molecular flexibility index (Phi) is 4.75. The number of hydrogen-bond donors (Lipinski definition) is 0. The lowest BCUT2D eigenvalue weighted by Gasteiger charge is -2.15. The van der Waals surface area contributed by atoms with E-state index in [-0.39, 0.29) is 11.8 Å². The summed E-state index contributed by atoms with van der Waals surface area (Å²) >= 11 is 0. The molecule has 1 heterocycles. The van der Waals surface area contributed by atoms with E-state index in [0.29, 0.717) is 28.8 Å². The Hall–Kier alpha value is -2.43. The van der Waals surface area contributed by atoms with Crippen molar-refractivity contribution in [1.82, 2.24) is 4.90 Å². The third-order valence-electron chi connectivity index (χ3n) is 3.50. The maximum atomic E-state index is 12.6. The predicted octanol–water partition coefficient (Wildman–Crippen LogP) is 2.47. The van der Waals surface area contributed by atoms with E-state index in [1.807, 2.05) is 21.0 Å². The van der Waals surface area contributed by atoms with Crippen LogP contribution in [0.3, 0.4) is 0 Å². The van der Waals surface area contributed by atoms with Gasteiger partial charge in [0.2, 0.25) is 5.91 Å². The Morgan fingerprint density at radius 1 is 1.32 bits per heavy atom. The topological polar surface area (TPSA) is 57.7 Å². The second kappa shape index (κ2) is 6.56. The lowest BCUT2D eigenvalue weighted by atomic mass is 10.1. The summed E-state index contributed by atoms with van der Waals surface area (Å²) < 4.78 is 0. The molecule has 1 aliphatic heterocycles. The fourth-order valence-electron chi connectivity index (χ4n) is 2.45. The van der Waals surface area contributed by atoms with Crippen molar-refractivity contribution in [3.05, 3.63) is 35.5 Å². The number of hydrogen-bond acceptors (Lipinski definition) is 4. The third kappa shape index (κ3) is 2.93. The summed E-state index contributed by atoms with van der Waals surface area (Å²) in [5.41, 5.74) is 2.12. The molecule has 2 amide bonds. The van der Waals surface area contributed by atoms with Gasteiger partial charge in [-0.05, 0) is 24.6 Å². The first kappa shape index (κ1) is 15.9. The number of carbonyl (C=O) groups excluding carboxylic acids is 3. The monoisotopic (exact) mass is 300 g/mol. The standard InChI is InChI=1S/C17H20N2O3/c1-4-5-6-16(21)19-15-8-7-12(11-20)9-13(15)14(17(19)22)10-18(2)3/h7-11H,4-6H2,1-3H3/b14-10-. The molecule has 0 atom stereocenters. The number of rotatable bonds is 5. The van der Waals surface area contributed by atoms with Gasteiger partial charge in [0.1, 0.15) is 6.29 Å². The van der Waals surface area contributed by atoms with Gasteiger partial charge in [-0.1, -0.05) is 13.3 Å². The van der Waals surface area contributed by atoms with Crippen LogP contribution in [0.25, 0.3) is 5.57 Å². The van der Waals surface area contributed by atoms with Crippen LogP contribution in [0.4, 0.5) is 5.69 Å². The van der Waals surface area contributed by atoms with Gasteiger partial charge in [-0.2, -0.15) is 0 Å². The third-order valence-corrected chi connectivity index (χ3v) is 3.50. The van der Waals surface area contributed by atoms with Crippen molar-refractivity contribution in [3.8, 4) is 0 Å². The van der Waals surface area contributed by atoms with Gasteiger partial charge in [0.05, 0.1) is 11.3 Å². The maximum Gasteiger partial charge on any atom is 0.267 e. The van der Waals surface area contributed by atoms with Crippen molar-refractivity contribution in [3.63, 3.8) is 0 Å². The molecule has 0 aromatic heterocycles. The van der Waals surface area contributed by atoms with E-state index in [2.05, 4.69) is 0 Å². The molecule has 0 saturated heterocycles. The Bertz CT molecular complexity index is 647. The highest BCUT2D eigenvalue weighted by molar-refractivity contribution is 6.39. The van der Waals surface area contributed by atoms with E-state index in [4.69, 9.17) is 0 Å². The number of aldehydes is 1. The van der Waals surface area contributed by atoms with Crippen LogP contribution in [0, 0.1) is 0 Å². The molecule has 1 aromatic rings. The van der Waals surface area contributed by atoms with Crippen molar-refractivity contribution >= 4 is 29.4 Å². The smallest absolute Gasteiger partial charge is 0.267 e. The van der Waals surface area contributed by atoms with E-state index >= 15 is 0 Å². The fraction of sp³-hybridized carbons (Fsp3) is 0.353. The zero-order valence-electron chi connectivity index (χ0n) is 13.1. The van der Waals surface area contributed by atoms with E-state index < -0.39 is 0 Å². The van der Waals surface area contributed by atoms with Crippen molar-refractivity contribution in [2.24, 2.45) is 0 Å². The highest BCUT2D eigenvalue weighted by Crippen LogP contribution is 2.37. The molecule has 0 saturated carbocycles. The normalized spacial score (nSPS) is 15.1. The fourth-order valence-corrected chi connectivity index (χ4v) is 2.45. The number of amides is 2. The van der Waals surface area contributed by atoms with Gasteiger partial charge in [-0.3, -0.25) is 14.4 Å². The Morgan fingerprint density at radius 3 is 2.64 bits per heavy atom. The summed E-state index contributed by atoms with van der Waals surface area (Å²) in [5, 5.41) is 0. The number of imide groups is 1. The maximum absolute atomic E-state index is 12.6. The molecule has 0 spiro atoms. The Balaban J connectivity index is 2.50. The number of carbonyl (C=O) groups is 3. The summed E-state index contributed by atoms with van der Waals surface area (Å²) in [4.78, 5) is 38.9. The zero-order valence-corrected chi connectivity index (χ0v) is 13.1. The van der Waals surface area contributed by atoms with Crippen LogP contribution in [-0.4, -0.2) is 37.1 Å². The number of anilines is 1. The minimum atomic E-state index is -0.326. The summed E-state index contributed by atoms with van der Waals surface area (Å²) in [6, 6.07) is 4.94. The molecule has 0 unspecified atom stereocenters. The molecule has 0 fully saturated rings. The SMILES string of the molecule is CCCCC(=O)N1C(=O)/C(=C\N(C)C)c2cc(C=O)ccc21. The minimum Gasteiger partial charge on any atom is -0.383 e. The molecule has 0 N–H and O–H groups in total. The van der Waals surface area contributed by atoms with Crippen LogP contribution < -0.4 is 4.90 Å². The van der Waals surface area contributed by atoms with Gasteiger partial charge in [0.15, 0.2) is 0 Å². The predicted molar refractivity (Wildman–Crippen MR) is 85.5 cm³/mol. The lowest BCUT2D eigenvalue weighted by molar-refractivity contribution is -0.123. The van der Waals surface area contributed by atoms with E-state index in [1.165, 1.54) is 4.90 Å². The highest BCUT2D eigenvalue weighted by Gasteiger charge is 2.36. The van der Waals surface area contributed by atoms with Crippen LogP contribution in [0.1, 0.15) is 42.1 Å². The number of fused-ring (bicyclic) bond motifs is 1. The molecule has 1 aromatic carbocycles. The largest absolute Gasteiger partial charge is 0.383 e. The van der Waals surface area contributed by atoms with Crippen molar-refractivity contribution in [1.29, 1.82) is 0 Å². The molecular weight excluding hydrogens is 280 g/mol. The second-order valence-corrected chi connectivity index (χ2v) is 5.54. The number of benzene rings is 1. The van der Waals surface area contributed by atoms with Crippen LogP contribution in [-0.2, 0) is 9.59 Å². The van der Waals surface area contributed by atoms with Crippen LogP contribution >= 0.6 is 0 Å². The molecule has 116 valence electrons. The summed E-state index contributed by atoms with van der Waals surface area (Å²) in [6.45, 7) is 2.00. The van der Waals surface area contributed by atoms with Crippen LogP contribution in [0.2, 0.25) is 0 Å². The Morgan fingerprint density at radius 2 is 2.05 bits per heavy atom. The molecule has 0 bridgehead atoms. The van der Waals surface area contributed by atoms with Gasteiger partial charge < -0.3 is 4.90 Å². The molecule has 22 heavy (non-hydrogen) atoms. The van der Waals surface area contributed by atoms with Crippen molar-refractivity contribution in [2.75, 3.05) is 19.0 Å². The van der Waals surface area contributed by atoms with Crippen molar-refractivity contribution in [2.45, 2.75) is 26.2 Å². The van der Waals surface area contributed by atoms with Gasteiger partial charge in [0.25, 0.3) is 5.91 Å². The quantitative estimate of drug-likeness (QED) is 0.619. The van der Waals surface area contributed by atoms with Crippen LogP contribution in [0.5, 0.6) is 0 Å². The second-order valence-electron chi connectivity index (χ2n) is 5.54. The number of nitrogens with zero attached hydrogens (tertiary/aromatic N) is 2. The van der Waals surface area contributed by atoms with Crippen molar-refractivity contribution < 1.29 is 14.4 Å². The first-order chi connectivity index (χ1) is 10.5. The first-order valence-electron chi connectivity index (χ1n) is 7.34. The van der Waals surface area contributed by atoms with E-state index in [1.54, 1.807) is 29.3 Å². The molecule has 1 aliphatic rings. The molecule has 2 rings (SSSR count). The summed E-state index contributed by atoms with van der Waals surface area (Å²) in [7, 11) is 3.62. The van der Waals surface area contributed by atoms with E-state index in [9.17, 15) is 14.4 Å². The average molecular weight is 300 g/mol. The lowest BCUT2D eigenvalue weighted by Crippen LogP contribution is -2.33. The van der Waals surface area contributed by atoms with Gasteiger partial charge >= 0.3 is 0 Å². The molecular formula is C17H20N2O3. The van der Waals surface area contributed by atoms with Crippen LogP contribution in [0.15, 0.2) is 24.4 Å². The number of unbranched alkanes of at least 4 members (excludes halogenated alkanes) is 1. The average Bonchev–Trinajstić information content (AvgIpc) is 2.76. The Labute approximate surface area is 130 Å².